The van der Waals surface area contributed by atoms with Crippen molar-refractivity contribution < 1.29 is 14.6 Å². The predicted molar refractivity (Wildman–Crippen MR) is 96.8 cm³/mol. The molecule has 133 valence electrons. The number of hydrogen-bond donors (Lipinski definition) is 0. The maximum absolute atomic E-state index is 12.1. The Balaban J connectivity index is 1.73. The molecule has 5 heteroatoms. The first-order chi connectivity index (χ1) is 11.9. The largest absolute Gasteiger partial charge is 0.488 e. The first-order valence-corrected chi connectivity index (χ1v) is 8.76. The number of pyridine rings is 1. The molecule has 1 aliphatic rings. The summed E-state index contributed by atoms with van der Waals surface area (Å²) in [6.45, 7) is 6.86. The Kier molecular flexibility index (Phi) is 5.02. The van der Waals surface area contributed by atoms with Crippen molar-refractivity contribution >= 4 is 5.69 Å². The Morgan fingerprint density at radius 1 is 1.08 bits per heavy atom. The molecule has 1 atom stereocenters. The predicted octanol–water partition coefficient (Wildman–Crippen LogP) is 4.80. The average molecular weight is 341 g/mol. The number of piperidine rings is 1. The zero-order valence-electron chi connectivity index (χ0n) is 15.1. The number of ether oxygens (including phenoxy) is 2. The second-order valence-electron chi connectivity index (χ2n) is 7.29. The van der Waals surface area contributed by atoms with Gasteiger partial charge in [-0.05, 0) is 57.9 Å². The van der Waals surface area contributed by atoms with Gasteiger partial charge in [0.15, 0.2) is 6.23 Å². The molecule has 1 aromatic heterocycles. The van der Waals surface area contributed by atoms with Crippen molar-refractivity contribution in [2.45, 2.75) is 51.9 Å². The summed E-state index contributed by atoms with van der Waals surface area (Å²) >= 11 is 0. The summed E-state index contributed by atoms with van der Waals surface area (Å²) in [5.41, 5.74) is 0.382. The van der Waals surface area contributed by atoms with Gasteiger partial charge in [0, 0.05) is 25.2 Å². The lowest BCUT2D eigenvalue weighted by molar-refractivity contribution is 0.130. The van der Waals surface area contributed by atoms with E-state index in [0.29, 0.717) is 5.69 Å². The van der Waals surface area contributed by atoms with Gasteiger partial charge in [-0.15, -0.1) is 0 Å². The number of anilines is 1. The molecule has 0 N–H and O–H groups in total. The van der Waals surface area contributed by atoms with E-state index in [1.54, 1.807) is 6.20 Å². The van der Waals surface area contributed by atoms with Gasteiger partial charge >= 0.3 is 0 Å². The fraction of sp³-hybridized carbons (Fsp3) is 0.450. The first kappa shape index (κ1) is 17.4. The third-order valence-corrected chi connectivity index (χ3v) is 4.04. The monoisotopic (exact) mass is 341 g/mol. The summed E-state index contributed by atoms with van der Waals surface area (Å²) in [4.78, 5) is 6.12. The molecule has 0 bridgehead atoms. The van der Waals surface area contributed by atoms with Gasteiger partial charge in [0.2, 0.25) is 5.75 Å². The number of hydrogen-bond acceptors (Lipinski definition) is 4. The van der Waals surface area contributed by atoms with E-state index in [0.717, 1.165) is 37.3 Å². The van der Waals surface area contributed by atoms with Gasteiger partial charge in [-0.2, -0.15) is 0 Å². The van der Waals surface area contributed by atoms with E-state index in [4.69, 9.17) is 9.47 Å². The van der Waals surface area contributed by atoms with Crippen LogP contribution in [0.3, 0.4) is 0 Å². The number of rotatable bonds is 4. The minimum absolute atomic E-state index is 0.0144. The van der Waals surface area contributed by atoms with Crippen molar-refractivity contribution in [2.24, 2.45) is 0 Å². The molecule has 1 saturated heterocycles. The van der Waals surface area contributed by atoms with Crippen molar-refractivity contribution in [3.63, 3.8) is 0 Å². The topological polar surface area (TPSA) is 54.5 Å². The summed E-state index contributed by atoms with van der Waals surface area (Å²) in [6.07, 6.45) is 6.02. The lowest BCUT2D eigenvalue weighted by Gasteiger charge is -2.37. The molecule has 3 rings (SSSR count). The third-order valence-electron chi connectivity index (χ3n) is 4.04. The van der Waals surface area contributed by atoms with Crippen molar-refractivity contribution in [1.29, 1.82) is 0 Å². The quantitative estimate of drug-likeness (QED) is 0.802. The Hall–Kier alpha value is -2.43. The first-order valence-electron chi connectivity index (χ1n) is 8.76. The highest BCUT2D eigenvalue weighted by Crippen LogP contribution is 2.33. The van der Waals surface area contributed by atoms with E-state index in [-0.39, 0.29) is 17.6 Å². The molecule has 1 aromatic carbocycles. The van der Waals surface area contributed by atoms with E-state index < -0.39 is 0 Å². The molecule has 1 aliphatic heterocycles. The number of nitrogens with zero attached hydrogens (tertiary/aromatic N) is 2. The van der Waals surface area contributed by atoms with E-state index >= 15 is 0 Å². The van der Waals surface area contributed by atoms with Gasteiger partial charge in [-0.25, -0.2) is 0 Å². The van der Waals surface area contributed by atoms with Gasteiger partial charge in [0.25, 0.3) is 0 Å². The summed E-state index contributed by atoms with van der Waals surface area (Å²) in [6, 6.07) is 9.15. The van der Waals surface area contributed by atoms with Crippen LogP contribution in [0.25, 0.3) is 0 Å². The van der Waals surface area contributed by atoms with Crippen molar-refractivity contribution in [1.82, 2.24) is 4.98 Å². The molecule has 5 nitrogen and oxygen atoms in total. The lowest BCUT2D eigenvalue weighted by atomic mass is 10.1. The van der Waals surface area contributed by atoms with Crippen LogP contribution in [0.15, 0.2) is 42.7 Å². The highest BCUT2D eigenvalue weighted by Gasteiger charge is 2.26. The van der Waals surface area contributed by atoms with Gasteiger partial charge in [-0.3, -0.25) is 10.1 Å². The lowest BCUT2D eigenvalue weighted by Crippen LogP contribution is -2.43. The summed E-state index contributed by atoms with van der Waals surface area (Å²) in [5.74, 6) is 1.57. The Morgan fingerprint density at radius 3 is 2.48 bits per heavy atom. The Morgan fingerprint density at radius 2 is 1.80 bits per heavy atom. The van der Waals surface area contributed by atoms with Crippen LogP contribution >= 0.6 is 0 Å². The molecule has 0 saturated carbocycles. The molecule has 25 heavy (non-hydrogen) atoms. The molecular weight excluding hydrogens is 316 g/mol. The molecule has 2 heterocycles. The minimum atomic E-state index is -0.229. The van der Waals surface area contributed by atoms with E-state index in [1.165, 1.54) is 12.3 Å². The van der Waals surface area contributed by atoms with Crippen LogP contribution in [0.4, 0.5) is 5.69 Å². The highest BCUT2D eigenvalue weighted by molar-refractivity contribution is 5.56. The molecular formula is C20H25N2O3. The molecule has 0 aliphatic carbocycles. The summed E-state index contributed by atoms with van der Waals surface area (Å²) < 4.78 is 12.0. The third kappa shape index (κ3) is 4.56. The second-order valence-corrected chi connectivity index (χ2v) is 7.29. The number of aromatic nitrogens is 1. The molecule has 1 unspecified atom stereocenters. The average Bonchev–Trinajstić information content (AvgIpc) is 2.57. The van der Waals surface area contributed by atoms with Crippen LogP contribution in [0.2, 0.25) is 0 Å². The zero-order chi connectivity index (χ0) is 17.9. The molecule has 1 radical (unpaired) electrons. The fourth-order valence-corrected chi connectivity index (χ4v) is 2.99. The Bertz CT molecular complexity index is 695. The molecule has 2 aromatic rings. The Labute approximate surface area is 149 Å². The smallest absolute Gasteiger partial charge is 0.205 e. The maximum atomic E-state index is 12.1. The number of benzene rings is 1. The van der Waals surface area contributed by atoms with Crippen molar-refractivity contribution in [2.75, 3.05) is 11.4 Å². The normalized spacial score (nSPS) is 18.0. The second kappa shape index (κ2) is 7.21. The highest BCUT2D eigenvalue weighted by atomic mass is 16.5. The van der Waals surface area contributed by atoms with Crippen LogP contribution in [0, 0.1) is 0 Å². The van der Waals surface area contributed by atoms with Crippen LogP contribution < -0.4 is 14.4 Å². The fourth-order valence-electron chi connectivity index (χ4n) is 2.99. The molecule has 0 spiro atoms. The van der Waals surface area contributed by atoms with Crippen LogP contribution in [-0.2, 0) is 5.11 Å². The zero-order valence-corrected chi connectivity index (χ0v) is 15.1. The molecule has 0 amide bonds. The van der Waals surface area contributed by atoms with Gasteiger partial charge in [0.05, 0.1) is 6.20 Å². The van der Waals surface area contributed by atoms with E-state index in [9.17, 15) is 5.11 Å². The van der Waals surface area contributed by atoms with Crippen molar-refractivity contribution in [3.05, 3.63) is 42.7 Å². The SMILES string of the molecule is CC(C)(C)Oc1ccc(OC2CCCCN2c2cnccc2[O])cc1. The summed E-state index contributed by atoms with van der Waals surface area (Å²) in [7, 11) is 0. The van der Waals surface area contributed by atoms with E-state index in [2.05, 4.69) is 4.98 Å². The summed E-state index contributed by atoms with van der Waals surface area (Å²) in [5, 5.41) is 12.1. The minimum Gasteiger partial charge on any atom is -0.488 e. The van der Waals surface area contributed by atoms with E-state index in [1.807, 2.05) is 49.9 Å². The van der Waals surface area contributed by atoms with Crippen LogP contribution in [0.1, 0.15) is 40.0 Å². The van der Waals surface area contributed by atoms with Gasteiger partial charge in [-0.1, -0.05) is 0 Å². The standard InChI is InChI=1S/C20H25N2O3/c1-20(2,3)25-16-9-7-15(8-10-16)24-19-6-4-5-13-22(19)17-14-21-12-11-18(17)23/h7-12,14,19H,4-6,13H2,1-3H3. The maximum Gasteiger partial charge on any atom is 0.205 e. The van der Waals surface area contributed by atoms with Gasteiger partial charge in [0.1, 0.15) is 22.8 Å². The van der Waals surface area contributed by atoms with Crippen LogP contribution in [0.5, 0.6) is 17.2 Å². The van der Waals surface area contributed by atoms with Crippen molar-refractivity contribution in [3.8, 4) is 17.2 Å². The van der Waals surface area contributed by atoms with Gasteiger partial charge < -0.3 is 14.4 Å². The molecule has 1 fully saturated rings. The van der Waals surface area contributed by atoms with Crippen LogP contribution in [-0.4, -0.2) is 23.4 Å².